The van der Waals surface area contributed by atoms with Crippen LogP contribution in [0, 0.1) is 7.05 Å². The van der Waals surface area contributed by atoms with Crippen LogP contribution in [0.15, 0.2) is 42.6 Å². The highest BCUT2D eigenvalue weighted by Gasteiger charge is 2.00. The van der Waals surface area contributed by atoms with E-state index in [1.807, 2.05) is 36.4 Å². The van der Waals surface area contributed by atoms with Gasteiger partial charge in [-0.25, -0.2) is 4.98 Å². The summed E-state index contributed by atoms with van der Waals surface area (Å²) in [6, 6.07) is 11.9. The summed E-state index contributed by atoms with van der Waals surface area (Å²) in [5, 5.41) is 2.87. The summed E-state index contributed by atoms with van der Waals surface area (Å²) in [5.41, 5.74) is 3.16. The molecule has 0 amide bonds. The standard InChI is InChI=1S/C13H13N2O/c1-14-12-5-3-4-10(8-12)11-6-7-15-13(9-11)16-2/h3-9,14H,1H2,2H3. The van der Waals surface area contributed by atoms with Crippen LogP contribution in [0.3, 0.4) is 0 Å². The van der Waals surface area contributed by atoms with Crippen molar-refractivity contribution in [2.45, 2.75) is 0 Å². The topological polar surface area (TPSA) is 34.2 Å². The van der Waals surface area contributed by atoms with Crippen LogP contribution in [0.1, 0.15) is 0 Å². The molecule has 1 aromatic heterocycles. The van der Waals surface area contributed by atoms with Crippen molar-refractivity contribution in [1.29, 1.82) is 0 Å². The lowest BCUT2D eigenvalue weighted by atomic mass is 10.1. The number of rotatable bonds is 3. The Bertz CT molecular complexity index is 437. The molecule has 0 fully saturated rings. The van der Waals surface area contributed by atoms with E-state index in [2.05, 4.69) is 17.3 Å². The summed E-state index contributed by atoms with van der Waals surface area (Å²) in [6.45, 7) is 0. The fourth-order valence-corrected chi connectivity index (χ4v) is 1.51. The van der Waals surface area contributed by atoms with E-state index in [0.29, 0.717) is 5.88 Å². The first kappa shape index (κ1) is 10.5. The maximum atomic E-state index is 5.09. The zero-order chi connectivity index (χ0) is 11.4. The molecular weight excluding hydrogens is 200 g/mol. The average Bonchev–Trinajstić information content (AvgIpc) is 2.39. The van der Waals surface area contributed by atoms with Crippen LogP contribution in [0.5, 0.6) is 5.88 Å². The van der Waals surface area contributed by atoms with Gasteiger partial charge in [-0.1, -0.05) is 12.1 Å². The van der Waals surface area contributed by atoms with Crippen LogP contribution >= 0.6 is 0 Å². The van der Waals surface area contributed by atoms with Crippen molar-refractivity contribution in [2.75, 3.05) is 12.4 Å². The zero-order valence-electron chi connectivity index (χ0n) is 9.10. The second-order valence-corrected chi connectivity index (χ2v) is 3.34. The van der Waals surface area contributed by atoms with Crippen molar-refractivity contribution in [3.05, 3.63) is 49.6 Å². The molecule has 16 heavy (non-hydrogen) atoms. The molecule has 81 valence electrons. The van der Waals surface area contributed by atoms with Crippen LogP contribution in [0.4, 0.5) is 5.69 Å². The van der Waals surface area contributed by atoms with Crippen LogP contribution in [0.2, 0.25) is 0 Å². The van der Waals surface area contributed by atoms with Gasteiger partial charge in [0, 0.05) is 25.0 Å². The lowest BCUT2D eigenvalue weighted by Gasteiger charge is -2.06. The molecule has 3 heteroatoms. The van der Waals surface area contributed by atoms with E-state index in [1.54, 1.807) is 13.3 Å². The Morgan fingerprint density at radius 2 is 2.00 bits per heavy atom. The average molecular weight is 213 g/mol. The van der Waals surface area contributed by atoms with Crippen molar-refractivity contribution < 1.29 is 4.74 Å². The smallest absolute Gasteiger partial charge is 0.213 e. The van der Waals surface area contributed by atoms with E-state index < -0.39 is 0 Å². The largest absolute Gasteiger partial charge is 0.481 e. The quantitative estimate of drug-likeness (QED) is 0.851. The number of methoxy groups -OCH3 is 1. The molecule has 1 radical (unpaired) electrons. The molecule has 0 unspecified atom stereocenters. The van der Waals surface area contributed by atoms with Gasteiger partial charge in [-0.05, 0) is 29.3 Å². The highest BCUT2D eigenvalue weighted by Crippen LogP contribution is 2.24. The lowest BCUT2D eigenvalue weighted by Crippen LogP contribution is -1.88. The van der Waals surface area contributed by atoms with E-state index in [1.165, 1.54) is 0 Å². The minimum absolute atomic E-state index is 0.616. The number of ether oxygens (including phenoxy) is 1. The van der Waals surface area contributed by atoms with Crippen molar-refractivity contribution in [3.8, 4) is 17.0 Å². The molecule has 1 N–H and O–H groups in total. The van der Waals surface area contributed by atoms with Crippen LogP contribution < -0.4 is 10.1 Å². The SMILES string of the molecule is [CH2]Nc1cccc(-c2ccnc(OC)c2)c1. The molecule has 0 atom stereocenters. The Morgan fingerprint density at radius 1 is 1.19 bits per heavy atom. The molecule has 0 aliphatic heterocycles. The molecule has 3 nitrogen and oxygen atoms in total. The molecular formula is C13H13N2O. The van der Waals surface area contributed by atoms with Crippen molar-refractivity contribution in [3.63, 3.8) is 0 Å². The van der Waals surface area contributed by atoms with E-state index in [0.717, 1.165) is 16.8 Å². The third-order valence-corrected chi connectivity index (χ3v) is 2.34. The highest BCUT2D eigenvalue weighted by atomic mass is 16.5. The van der Waals surface area contributed by atoms with Gasteiger partial charge in [0.1, 0.15) is 0 Å². The Kier molecular flexibility index (Phi) is 3.05. The predicted octanol–water partition coefficient (Wildman–Crippen LogP) is 2.96. The molecule has 0 aliphatic carbocycles. The van der Waals surface area contributed by atoms with E-state index in [9.17, 15) is 0 Å². The number of benzene rings is 1. The normalized spacial score (nSPS) is 9.88. The van der Waals surface area contributed by atoms with E-state index >= 15 is 0 Å². The zero-order valence-corrected chi connectivity index (χ0v) is 9.10. The van der Waals surface area contributed by atoms with Crippen molar-refractivity contribution >= 4 is 5.69 Å². The number of hydrogen-bond acceptors (Lipinski definition) is 3. The van der Waals surface area contributed by atoms with Gasteiger partial charge in [-0.2, -0.15) is 0 Å². The summed E-state index contributed by atoms with van der Waals surface area (Å²) >= 11 is 0. The fourth-order valence-electron chi connectivity index (χ4n) is 1.51. The number of hydrogen-bond donors (Lipinski definition) is 1. The number of aromatic nitrogens is 1. The van der Waals surface area contributed by atoms with Gasteiger partial charge in [-0.15, -0.1) is 0 Å². The van der Waals surface area contributed by atoms with E-state index in [4.69, 9.17) is 4.74 Å². The first-order valence-electron chi connectivity index (χ1n) is 4.97. The summed E-state index contributed by atoms with van der Waals surface area (Å²) in [5.74, 6) is 0.616. The monoisotopic (exact) mass is 213 g/mol. The first-order valence-corrected chi connectivity index (χ1v) is 4.97. The van der Waals surface area contributed by atoms with Gasteiger partial charge in [0.15, 0.2) is 0 Å². The summed E-state index contributed by atoms with van der Waals surface area (Å²) in [4.78, 5) is 4.08. The third kappa shape index (κ3) is 2.14. The molecule has 2 rings (SSSR count). The number of nitrogens with one attached hydrogen (secondary N) is 1. The third-order valence-electron chi connectivity index (χ3n) is 2.34. The number of pyridine rings is 1. The molecule has 1 aromatic carbocycles. The minimum Gasteiger partial charge on any atom is -0.481 e. The maximum Gasteiger partial charge on any atom is 0.213 e. The van der Waals surface area contributed by atoms with Crippen molar-refractivity contribution in [1.82, 2.24) is 4.98 Å². The van der Waals surface area contributed by atoms with Gasteiger partial charge in [0.25, 0.3) is 0 Å². The molecule has 0 aliphatic rings. The first-order chi connectivity index (χ1) is 7.83. The Balaban J connectivity index is 2.41. The Labute approximate surface area is 95.1 Å². The second kappa shape index (κ2) is 4.66. The van der Waals surface area contributed by atoms with Gasteiger partial charge in [0.05, 0.1) is 7.11 Å². The molecule has 0 saturated heterocycles. The lowest BCUT2D eigenvalue weighted by molar-refractivity contribution is 0.398. The van der Waals surface area contributed by atoms with E-state index in [-0.39, 0.29) is 0 Å². The Morgan fingerprint density at radius 3 is 2.75 bits per heavy atom. The molecule has 2 aromatic rings. The fraction of sp³-hybridized carbons (Fsp3) is 0.0769. The highest BCUT2D eigenvalue weighted by molar-refractivity contribution is 5.68. The second-order valence-electron chi connectivity index (χ2n) is 3.34. The summed E-state index contributed by atoms with van der Waals surface area (Å²) in [7, 11) is 5.25. The van der Waals surface area contributed by atoms with Gasteiger partial charge in [0.2, 0.25) is 5.88 Å². The predicted molar refractivity (Wildman–Crippen MR) is 65.2 cm³/mol. The van der Waals surface area contributed by atoms with Crippen LogP contribution in [-0.4, -0.2) is 12.1 Å². The number of anilines is 1. The minimum atomic E-state index is 0.616. The molecule has 0 spiro atoms. The molecule has 0 saturated carbocycles. The van der Waals surface area contributed by atoms with Crippen molar-refractivity contribution in [2.24, 2.45) is 0 Å². The van der Waals surface area contributed by atoms with Gasteiger partial charge in [-0.3, -0.25) is 0 Å². The van der Waals surface area contributed by atoms with Gasteiger partial charge >= 0.3 is 0 Å². The van der Waals surface area contributed by atoms with Crippen LogP contribution in [0.25, 0.3) is 11.1 Å². The Hall–Kier alpha value is -2.03. The van der Waals surface area contributed by atoms with Crippen LogP contribution in [-0.2, 0) is 0 Å². The summed E-state index contributed by atoms with van der Waals surface area (Å²) < 4.78 is 5.09. The summed E-state index contributed by atoms with van der Waals surface area (Å²) in [6.07, 6.45) is 1.73. The molecule has 0 bridgehead atoms. The number of nitrogens with zero attached hydrogens (tertiary/aromatic N) is 1. The van der Waals surface area contributed by atoms with Gasteiger partial charge < -0.3 is 10.1 Å². The maximum absolute atomic E-state index is 5.09. The molecule has 1 heterocycles.